The molecule has 6 heteroatoms. The van der Waals surface area contributed by atoms with Crippen LogP contribution in [0.25, 0.3) is 0 Å². The van der Waals surface area contributed by atoms with Crippen LogP contribution in [0.2, 0.25) is 0 Å². The number of amides is 1. The zero-order valence-electron chi connectivity index (χ0n) is 10.1. The van der Waals surface area contributed by atoms with E-state index in [1.54, 1.807) is 0 Å². The first kappa shape index (κ1) is 12.0. The number of nitrogens with zero attached hydrogens (tertiary/aromatic N) is 2. The molecule has 1 amide bonds. The quantitative estimate of drug-likeness (QED) is 0.810. The van der Waals surface area contributed by atoms with E-state index in [0.717, 1.165) is 21.9 Å². The van der Waals surface area contributed by atoms with Crippen LogP contribution < -0.4 is 11.1 Å². The molecule has 3 N–H and O–H groups in total. The SMILES string of the molecule is Nc1nc(Sc2ccccc2)c2c(n1)C(=O)NCC2. The molecule has 2 aromatic rings. The molecule has 0 fully saturated rings. The van der Waals surface area contributed by atoms with Crippen LogP contribution in [-0.2, 0) is 6.42 Å². The minimum absolute atomic E-state index is 0.134. The first-order valence-electron chi connectivity index (χ1n) is 5.91. The Morgan fingerprint density at radius 1 is 1.21 bits per heavy atom. The Morgan fingerprint density at radius 3 is 2.79 bits per heavy atom. The van der Waals surface area contributed by atoms with Crippen molar-refractivity contribution in [3.05, 3.63) is 41.6 Å². The summed E-state index contributed by atoms with van der Waals surface area (Å²) in [7, 11) is 0. The van der Waals surface area contributed by atoms with Gasteiger partial charge < -0.3 is 11.1 Å². The van der Waals surface area contributed by atoms with Crippen molar-refractivity contribution in [2.24, 2.45) is 0 Å². The van der Waals surface area contributed by atoms with E-state index in [0.29, 0.717) is 12.2 Å². The van der Waals surface area contributed by atoms with Crippen LogP contribution in [0.3, 0.4) is 0 Å². The minimum atomic E-state index is -0.176. The largest absolute Gasteiger partial charge is 0.368 e. The van der Waals surface area contributed by atoms with Gasteiger partial charge in [-0.15, -0.1) is 0 Å². The molecule has 96 valence electrons. The normalized spacial score (nSPS) is 13.8. The Balaban J connectivity index is 2.04. The molecule has 1 aromatic carbocycles. The molecule has 5 nitrogen and oxygen atoms in total. The number of carbonyl (C=O) groups is 1. The van der Waals surface area contributed by atoms with Crippen LogP contribution in [0.15, 0.2) is 40.3 Å². The molecule has 0 spiro atoms. The lowest BCUT2D eigenvalue weighted by Crippen LogP contribution is -2.33. The third-order valence-corrected chi connectivity index (χ3v) is 3.86. The molecule has 0 unspecified atom stereocenters. The first-order valence-corrected chi connectivity index (χ1v) is 6.73. The van der Waals surface area contributed by atoms with Gasteiger partial charge in [0.25, 0.3) is 5.91 Å². The lowest BCUT2D eigenvalue weighted by Gasteiger charge is -2.18. The van der Waals surface area contributed by atoms with E-state index in [4.69, 9.17) is 5.73 Å². The average molecular weight is 272 g/mol. The summed E-state index contributed by atoms with van der Waals surface area (Å²) in [4.78, 5) is 21.1. The summed E-state index contributed by atoms with van der Waals surface area (Å²) in [6.45, 7) is 0.613. The topological polar surface area (TPSA) is 80.9 Å². The van der Waals surface area contributed by atoms with Crippen LogP contribution in [0.5, 0.6) is 0 Å². The van der Waals surface area contributed by atoms with E-state index in [9.17, 15) is 4.79 Å². The van der Waals surface area contributed by atoms with Crippen molar-refractivity contribution in [2.75, 3.05) is 12.3 Å². The highest BCUT2D eigenvalue weighted by molar-refractivity contribution is 7.99. The molecule has 0 radical (unpaired) electrons. The van der Waals surface area contributed by atoms with Crippen LogP contribution >= 0.6 is 11.8 Å². The lowest BCUT2D eigenvalue weighted by atomic mass is 10.1. The third-order valence-electron chi connectivity index (χ3n) is 2.82. The number of nitrogens with two attached hydrogens (primary N) is 1. The highest BCUT2D eigenvalue weighted by Crippen LogP contribution is 2.31. The highest BCUT2D eigenvalue weighted by Gasteiger charge is 2.23. The van der Waals surface area contributed by atoms with Gasteiger partial charge in [-0.3, -0.25) is 4.79 Å². The molecular weight excluding hydrogens is 260 g/mol. The van der Waals surface area contributed by atoms with E-state index in [1.807, 2.05) is 30.3 Å². The number of benzene rings is 1. The van der Waals surface area contributed by atoms with Crippen LogP contribution in [-0.4, -0.2) is 22.4 Å². The molecular formula is C13H12N4OS. The van der Waals surface area contributed by atoms with Crippen LogP contribution in [0.4, 0.5) is 5.95 Å². The summed E-state index contributed by atoms with van der Waals surface area (Å²) in [5.41, 5.74) is 6.96. The second-order valence-corrected chi connectivity index (χ2v) is 5.20. The Bertz CT molecular complexity index is 630. The molecule has 0 aliphatic carbocycles. The number of anilines is 1. The fourth-order valence-electron chi connectivity index (χ4n) is 1.96. The summed E-state index contributed by atoms with van der Waals surface area (Å²) in [6.07, 6.45) is 0.733. The van der Waals surface area contributed by atoms with Gasteiger partial charge in [-0.25, -0.2) is 9.97 Å². The van der Waals surface area contributed by atoms with Crippen LogP contribution in [0.1, 0.15) is 16.1 Å². The van der Waals surface area contributed by atoms with Crippen molar-refractivity contribution in [3.8, 4) is 0 Å². The summed E-state index contributed by atoms with van der Waals surface area (Å²) in [5.74, 6) is -0.0421. The number of hydrogen-bond acceptors (Lipinski definition) is 5. The Kier molecular flexibility index (Phi) is 3.08. The molecule has 3 rings (SSSR count). The first-order chi connectivity index (χ1) is 9.24. The van der Waals surface area contributed by atoms with Crippen molar-refractivity contribution in [1.82, 2.24) is 15.3 Å². The number of carbonyl (C=O) groups excluding carboxylic acids is 1. The molecule has 0 bridgehead atoms. The number of nitrogens with one attached hydrogen (secondary N) is 1. The van der Waals surface area contributed by atoms with Crippen LogP contribution in [0, 0.1) is 0 Å². The van der Waals surface area contributed by atoms with Gasteiger partial charge in [0, 0.05) is 17.0 Å². The second-order valence-electron chi connectivity index (χ2n) is 4.14. The number of nitrogen functional groups attached to an aromatic ring is 1. The molecule has 1 aromatic heterocycles. The maximum absolute atomic E-state index is 11.8. The lowest BCUT2D eigenvalue weighted by molar-refractivity contribution is 0.0939. The van der Waals surface area contributed by atoms with Crippen molar-refractivity contribution >= 4 is 23.6 Å². The van der Waals surface area contributed by atoms with E-state index in [1.165, 1.54) is 11.8 Å². The van der Waals surface area contributed by atoms with Crippen molar-refractivity contribution < 1.29 is 4.79 Å². The van der Waals surface area contributed by atoms with E-state index >= 15 is 0 Å². The summed E-state index contributed by atoms with van der Waals surface area (Å²) >= 11 is 1.51. The molecule has 0 atom stereocenters. The molecule has 1 aliphatic heterocycles. The Hall–Kier alpha value is -2.08. The van der Waals surface area contributed by atoms with Gasteiger partial charge in [-0.05, 0) is 18.6 Å². The number of rotatable bonds is 2. The van der Waals surface area contributed by atoms with Gasteiger partial charge in [-0.2, -0.15) is 0 Å². The fraction of sp³-hybridized carbons (Fsp3) is 0.154. The van der Waals surface area contributed by atoms with Gasteiger partial charge in [0.05, 0.1) is 0 Å². The predicted octanol–water partition coefficient (Wildman–Crippen LogP) is 1.50. The third kappa shape index (κ3) is 2.39. The standard InChI is InChI=1S/C13H12N4OS/c14-13-16-10-9(6-7-15-11(10)18)12(17-13)19-8-4-2-1-3-5-8/h1-5H,6-7H2,(H,15,18)(H2,14,16,17). The monoisotopic (exact) mass is 272 g/mol. The number of fused-ring (bicyclic) bond motifs is 1. The molecule has 19 heavy (non-hydrogen) atoms. The van der Waals surface area contributed by atoms with E-state index in [2.05, 4.69) is 15.3 Å². The zero-order chi connectivity index (χ0) is 13.2. The smallest absolute Gasteiger partial charge is 0.270 e. The maximum atomic E-state index is 11.8. The predicted molar refractivity (Wildman–Crippen MR) is 73.0 cm³/mol. The van der Waals surface area contributed by atoms with Gasteiger partial charge >= 0.3 is 0 Å². The minimum Gasteiger partial charge on any atom is -0.368 e. The van der Waals surface area contributed by atoms with Crippen molar-refractivity contribution in [3.63, 3.8) is 0 Å². The zero-order valence-corrected chi connectivity index (χ0v) is 10.9. The van der Waals surface area contributed by atoms with Gasteiger partial charge in [-0.1, -0.05) is 30.0 Å². The molecule has 0 saturated carbocycles. The Labute approximate surface area is 114 Å². The maximum Gasteiger partial charge on any atom is 0.270 e. The van der Waals surface area contributed by atoms with Gasteiger partial charge in [0.2, 0.25) is 5.95 Å². The van der Waals surface area contributed by atoms with Gasteiger partial charge in [0.15, 0.2) is 0 Å². The molecule has 0 saturated heterocycles. The Morgan fingerprint density at radius 2 is 2.00 bits per heavy atom. The number of hydrogen-bond donors (Lipinski definition) is 2. The summed E-state index contributed by atoms with van der Waals surface area (Å²) < 4.78 is 0. The molecule has 1 aliphatic rings. The van der Waals surface area contributed by atoms with Crippen molar-refractivity contribution in [2.45, 2.75) is 16.3 Å². The van der Waals surface area contributed by atoms with E-state index in [-0.39, 0.29) is 11.9 Å². The second kappa shape index (κ2) is 4.89. The summed E-state index contributed by atoms with van der Waals surface area (Å²) in [5, 5.41) is 3.53. The number of aromatic nitrogens is 2. The molecule has 2 heterocycles. The summed E-state index contributed by atoms with van der Waals surface area (Å²) in [6, 6.07) is 9.88. The average Bonchev–Trinajstić information content (AvgIpc) is 2.41. The van der Waals surface area contributed by atoms with E-state index < -0.39 is 0 Å². The highest BCUT2D eigenvalue weighted by atomic mass is 32.2. The fourth-order valence-corrected chi connectivity index (χ4v) is 2.94. The van der Waals surface area contributed by atoms with Crippen molar-refractivity contribution in [1.29, 1.82) is 0 Å². The van der Waals surface area contributed by atoms with Gasteiger partial charge in [0.1, 0.15) is 10.7 Å².